The molecule has 1 unspecified atom stereocenters. The molecule has 36 heavy (non-hydrogen) atoms. The van der Waals surface area contributed by atoms with E-state index in [1.807, 2.05) is 53.4 Å². The predicted molar refractivity (Wildman–Crippen MR) is 138 cm³/mol. The molecule has 184 valence electrons. The number of unbranched alkanes of at least 4 members (excludes halogenated alkanes) is 3. The second-order valence-corrected chi connectivity index (χ2v) is 9.05. The third kappa shape index (κ3) is 4.69. The summed E-state index contributed by atoms with van der Waals surface area (Å²) in [6.45, 7) is 3.29. The van der Waals surface area contributed by atoms with E-state index in [0.717, 1.165) is 28.9 Å². The number of aromatic amines is 1. The maximum Gasteiger partial charge on any atom is 0.273 e. The van der Waals surface area contributed by atoms with E-state index < -0.39 is 0 Å². The average molecular weight is 483 g/mol. The van der Waals surface area contributed by atoms with E-state index in [1.54, 1.807) is 24.5 Å². The number of ether oxygens (including phenoxy) is 1. The molecule has 0 saturated heterocycles. The molecule has 2 aromatic carbocycles. The molecule has 0 spiro atoms. The molecule has 5 rings (SSSR count). The number of benzene rings is 2. The Labute approximate surface area is 210 Å². The third-order valence-electron chi connectivity index (χ3n) is 6.56. The molecule has 0 bridgehead atoms. The van der Waals surface area contributed by atoms with Crippen molar-refractivity contribution in [2.24, 2.45) is 0 Å². The maximum atomic E-state index is 13.6. The molecule has 1 aliphatic rings. The molecule has 1 amide bonds. The van der Waals surface area contributed by atoms with E-state index >= 15 is 0 Å². The summed E-state index contributed by atoms with van der Waals surface area (Å²) in [4.78, 5) is 19.6. The second kappa shape index (κ2) is 10.6. The topological polar surface area (TPSA) is 91.3 Å². The lowest BCUT2D eigenvalue weighted by Gasteiger charge is -2.26. The van der Waals surface area contributed by atoms with Crippen LogP contribution in [0.2, 0.25) is 0 Å². The molecule has 3 heterocycles. The maximum absolute atomic E-state index is 13.6. The van der Waals surface area contributed by atoms with E-state index in [4.69, 9.17) is 4.74 Å². The number of rotatable bonds is 10. The number of fused-ring (bicyclic) bond motifs is 1. The van der Waals surface area contributed by atoms with Gasteiger partial charge in [-0.2, -0.15) is 5.10 Å². The number of phenolic OH excluding ortho intramolecular Hbond substituents is 1. The molecular weight excluding hydrogens is 452 g/mol. The fraction of sp³-hybridized carbons (Fsp3) is 0.276. The first-order valence-electron chi connectivity index (χ1n) is 12.5. The van der Waals surface area contributed by atoms with Gasteiger partial charge in [0.15, 0.2) is 0 Å². The smallest absolute Gasteiger partial charge is 0.273 e. The van der Waals surface area contributed by atoms with Crippen LogP contribution in [0.4, 0.5) is 0 Å². The van der Waals surface area contributed by atoms with Crippen LogP contribution >= 0.6 is 0 Å². The molecule has 0 radical (unpaired) electrons. The molecule has 1 atom stereocenters. The number of hydrogen-bond acceptors (Lipinski definition) is 5. The van der Waals surface area contributed by atoms with E-state index in [2.05, 4.69) is 22.1 Å². The number of carbonyl (C=O) groups is 1. The highest BCUT2D eigenvalue weighted by molar-refractivity contribution is 6.00. The number of aromatic hydroxyl groups is 1. The van der Waals surface area contributed by atoms with Crippen LogP contribution in [0.1, 0.15) is 65.8 Å². The quantitative estimate of drug-likeness (QED) is 0.275. The zero-order valence-electron chi connectivity index (χ0n) is 20.4. The minimum atomic E-state index is -0.375. The SMILES string of the molecule is CCCCCCOc1ccc(C2c3c(-c4ccccc4O)n[nH]c3C(=O)N2Cc2cccnc2)cc1. The fourth-order valence-corrected chi connectivity index (χ4v) is 4.74. The molecule has 2 N–H and O–H groups in total. The van der Waals surface area contributed by atoms with Crippen LogP contribution in [0.5, 0.6) is 11.5 Å². The van der Waals surface area contributed by atoms with E-state index in [0.29, 0.717) is 30.1 Å². The van der Waals surface area contributed by atoms with Crippen molar-refractivity contribution in [2.75, 3.05) is 6.61 Å². The number of H-pyrrole nitrogens is 1. The Hall–Kier alpha value is -4.13. The van der Waals surface area contributed by atoms with Crippen LogP contribution in [0.15, 0.2) is 73.1 Å². The van der Waals surface area contributed by atoms with Gasteiger partial charge in [0.05, 0.1) is 12.6 Å². The average Bonchev–Trinajstić information content (AvgIpc) is 3.44. The first-order chi connectivity index (χ1) is 17.7. The molecular formula is C29H30N4O3. The third-order valence-corrected chi connectivity index (χ3v) is 6.56. The summed E-state index contributed by atoms with van der Waals surface area (Å²) in [6, 6.07) is 18.4. The van der Waals surface area contributed by atoms with Crippen molar-refractivity contribution in [3.63, 3.8) is 0 Å². The molecule has 1 aliphatic heterocycles. The first kappa shape index (κ1) is 23.6. The number of aromatic nitrogens is 3. The highest BCUT2D eigenvalue weighted by Gasteiger charge is 2.42. The zero-order chi connectivity index (χ0) is 24.9. The highest BCUT2D eigenvalue weighted by Crippen LogP contribution is 2.45. The van der Waals surface area contributed by atoms with Crippen LogP contribution in [0, 0.1) is 0 Å². The van der Waals surface area contributed by atoms with Crippen molar-refractivity contribution in [1.82, 2.24) is 20.1 Å². The van der Waals surface area contributed by atoms with Gasteiger partial charge >= 0.3 is 0 Å². The Morgan fingerprint density at radius 2 is 1.86 bits per heavy atom. The summed E-state index contributed by atoms with van der Waals surface area (Å²) in [6.07, 6.45) is 8.11. The number of pyridine rings is 1. The minimum Gasteiger partial charge on any atom is -0.507 e. The van der Waals surface area contributed by atoms with Gasteiger partial charge < -0.3 is 14.7 Å². The van der Waals surface area contributed by atoms with Crippen LogP contribution in [-0.2, 0) is 6.54 Å². The van der Waals surface area contributed by atoms with Crippen LogP contribution < -0.4 is 4.74 Å². The highest BCUT2D eigenvalue weighted by atomic mass is 16.5. The molecule has 0 saturated carbocycles. The van der Waals surface area contributed by atoms with Crippen molar-refractivity contribution >= 4 is 5.91 Å². The van der Waals surface area contributed by atoms with Crippen molar-refractivity contribution in [1.29, 1.82) is 0 Å². The number of carbonyl (C=O) groups excluding carboxylic acids is 1. The van der Waals surface area contributed by atoms with E-state index in [9.17, 15) is 9.90 Å². The summed E-state index contributed by atoms with van der Waals surface area (Å²) in [5.74, 6) is 0.798. The number of nitrogens with one attached hydrogen (secondary N) is 1. The van der Waals surface area contributed by atoms with Crippen molar-refractivity contribution < 1.29 is 14.6 Å². The Morgan fingerprint density at radius 3 is 2.61 bits per heavy atom. The zero-order valence-corrected chi connectivity index (χ0v) is 20.4. The Morgan fingerprint density at radius 1 is 1.03 bits per heavy atom. The van der Waals surface area contributed by atoms with Crippen molar-refractivity contribution in [3.8, 4) is 22.8 Å². The monoisotopic (exact) mass is 482 g/mol. The Balaban J connectivity index is 1.49. The number of para-hydroxylation sites is 1. The van der Waals surface area contributed by atoms with E-state index in [1.165, 1.54) is 19.3 Å². The number of hydrogen-bond donors (Lipinski definition) is 2. The lowest BCUT2D eigenvalue weighted by molar-refractivity contribution is 0.0730. The van der Waals surface area contributed by atoms with Gasteiger partial charge in [0, 0.05) is 30.1 Å². The lowest BCUT2D eigenvalue weighted by Crippen LogP contribution is -2.29. The molecule has 4 aromatic rings. The van der Waals surface area contributed by atoms with Crippen molar-refractivity contribution in [3.05, 3.63) is 95.4 Å². The van der Waals surface area contributed by atoms with Gasteiger partial charge in [-0.1, -0.05) is 56.5 Å². The molecule has 0 fully saturated rings. The fourth-order valence-electron chi connectivity index (χ4n) is 4.74. The summed E-state index contributed by atoms with van der Waals surface area (Å²) in [5.41, 5.74) is 4.25. The number of phenols is 1. The first-order valence-corrected chi connectivity index (χ1v) is 12.5. The van der Waals surface area contributed by atoms with Gasteiger partial charge in [0.2, 0.25) is 0 Å². The van der Waals surface area contributed by atoms with Crippen LogP contribution in [0.25, 0.3) is 11.3 Å². The van der Waals surface area contributed by atoms with Crippen LogP contribution in [-0.4, -0.2) is 37.7 Å². The normalized spacial score (nSPS) is 14.8. The molecule has 7 nitrogen and oxygen atoms in total. The summed E-state index contributed by atoms with van der Waals surface area (Å²) in [7, 11) is 0. The van der Waals surface area contributed by atoms with Gasteiger partial charge in [-0.3, -0.25) is 14.9 Å². The molecule has 7 heteroatoms. The largest absolute Gasteiger partial charge is 0.507 e. The summed E-state index contributed by atoms with van der Waals surface area (Å²) in [5, 5.41) is 17.9. The van der Waals surface area contributed by atoms with Crippen LogP contribution in [0.3, 0.4) is 0 Å². The predicted octanol–water partition coefficient (Wildman–Crippen LogP) is 5.88. The van der Waals surface area contributed by atoms with Crippen molar-refractivity contribution in [2.45, 2.75) is 45.2 Å². The minimum absolute atomic E-state index is 0.121. The van der Waals surface area contributed by atoms with Gasteiger partial charge in [-0.25, -0.2) is 0 Å². The molecule has 2 aromatic heterocycles. The molecule has 0 aliphatic carbocycles. The van der Waals surface area contributed by atoms with Gasteiger partial charge in [0.25, 0.3) is 5.91 Å². The Bertz CT molecular complexity index is 1320. The van der Waals surface area contributed by atoms with Gasteiger partial charge in [-0.15, -0.1) is 0 Å². The standard InChI is InChI=1S/C29H30N4O3/c1-2-3-4-7-17-36-22-14-12-21(13-15-22)28-25-26(23-10-5-6-11-24(23)34)31-32-27(25)29(35)33(28)19-20-9-8-16-30-18-20/h5-6,8-16,18,28,34H,2-4,7,17,19H2,1H3,(H,31,32). The lowest BCUT2D eigenvalue weighted by atomic mass is 9.95. The Kier molecular flexibility index (Phi) is 6.98. The van der Waals surface area contributed by atoms with Gasteiger partial charge in [0.1, 0.15) is 22.9 Å². The van der Waals surface area contributed by atoms with E-state index in [-0.39, 0.29) is 17.7 Å². The second-order valence-electron chi connectivity index (χ2n) is 9.05. The number of amides is 1. The summed E-state index contributed by atoms with van der Waals surface area (Å²) < 4.78 is 5.94. The van der Waals surface area contributed by atoms with Gasteiger partial charge in [-0.05, 0) is 47.9 Å². The summed E-state index contributed by atoms with van der Waals surface area (Å²) >= 11 is 0. The number of nitrogens with zero attached hydrogens (tertiary/aromatic N) is 3.